The van der Waals surface area contributed by atoms with Gasteiger partial charge in [0.1, 0.15) is 5.75 Å². The Kier molecular flexibility index (Phi) is 4.82. The number of likely N-dealkylation sites (tertiary alicyclic amines) is 1. The van der Waals surface area contributed by atoms with Gasteiger partial charge in [0, 0.05) is 31.0 Å². The van der Waals surface area contributed by atoms with Gasteiger partial charge in [-0.1, -0.05) is 18.2 Å². The highest BCUT2D eigenvalue weighted by Gasteiger charge is 2.33. The van der Waals surface area contributed by atoms with E-state index in [1.165, 1.54) is 0 Å². The fourth-order valence-electron chi connectivity index (χ4n) is 2.54. The van der Waals surface area contributed by atoms with Crippen molar-refractivity contribution in [1.29, 1.82) is 0 Å². The molecule has 1 aromatic rings. The van der Waals surface area contributed by atoms with Gasteiger partial charge in [0.2, 0.25) is 5.91 Å². The van der Waals surface area contributed by atoms with Gasteiger partial charge in [0.25, 0.3) is 0 Å². The minimum absolute atomic E-state index is 0.0694. The number of amides is 1. The monoisotopic (exact) mass is 315 g/mol. The average Bonchev–Trinajstić information content (AvgIpc) is 2.70. The summed E-state index contributed by atoms with van der Waals surface area (Å²) < 4.78 is 39.6. The summed E-state index contributed by atoms with van der Waals surface area (Å²) in [5.41, 5.74) is 0.858. The number of carbonyl (C=O) groups is 1. The smallest absolute Gasteiger partial charge is 0.302 e. The molecule has 1 fully saturated rings. The predicted molar refractivity (Wildman–Crippen MR) is 76.0 cm³/mol. The zero-order chi connectivity index (χ0) is 15.5. The van der Waals surface area contributed by atoms with Gasteiger partial charge in [-0.05, 0) is 13.0 Å². The average molecular weight is 315 g/mol. The third-order valence-electron chi connectivity index (χ3n) is 3.36. The number of hydrogen-bond acceptors (Lipinski definition) is 4. The van der Waals surface area contributed by atoms with Crippen LogP contribution in [0.25, 0.3) is 0 Å². The molecule has 7 heteroatoms. The zero-order valence-electron chi connectivity index (χ0n) is 11.8. The van der Waals surface area contributed by atoms with E-state index in [2.05, 4.69) is 0 Å². The summed E-state index contributed by atoms with van der Waals surface area (Å²) >= 11 is 0. The van der Waals surface area contributed by atoms with Crippen LogP contribution in [0.15, 0.2) is 24.3 Å². The van der Waals surface area contributed by atoms with Gasteiger partial charge in [-0.2, -0.15) is 8.42 Å². The Balaban J connectivity index is 2.05. The van der Waals surface area contributed by atoms with Gasteiger partial charge in [-0.15, -0.1) is 3.89 Å². The molecule has 1 atom stereocenters. The number of nitrogens with zero attached hydrogens (tertiary/aromatic N) is 1. The van der Waals surface area contributed by atoms with E-state index in [0.29, 0.717) is 18.9 Å². The third kappa shape index (κ3) is 4.42. The molecule has 5 nitrogen and oxygen atoms in total. The second-order valence-corrected chi connectivity index (χ2v) is 6.50. The molecule has 116 valence electrons. The van der Waals surface area contributed by atoms with Gasteiger partial charge in [-0.3, -0.25) is 4.79 Å². The van der Waals surface area contributed by atoms with Crippen LogP contribution in [-0.4, -0.2) is 38.1 Å². The summed E-state index contributed by atoms with van der Waals surface area (Å²) in [6.07, 6.45) is 0.0694. The molecular formula is C14H18FNO4S. The normalized spacial score (nSPS) is 19.0. The van der Waals surface area contributed by atoms with Crippen molar-refractivity contribution in [1.82, 2.24) is 4.90 Å². The largest absolute Gasteiger partial charge is 0.494 e. The SMILES string of the molecule is CCOc1ccccc1CN1CC(CS(=O)(=O)F)CC1=O. The lowest BCUT2D eigenvalue weighted by molar-refractivity contribution is -0.128. The highest BCUT2D eigenvalue weighted by Crippen LogP contribution is 2.25. The van der Waals surface area contributed by atoms with E-state index in [9.17, 15) is 17.1 Å². The predicted octanol–water partition coefficient (Wildman–Crippen LogP) is 1.73. The number of hydrogen-bond donors (Lipinski definition) is 0. The summed E-state index contributed by atoms with van der Waals surface area (Å²) in [5, 5.41) is 0. The molecule has 0 saturated carbocycles. The molecule has 0 radical (unpaired) electrons. The summed E-state index contributed by atoms with van der Waals surface area (Å²) in [5.74, 6) is -0.529. The molecule has 0 aromatic heterocycles. The molecule has 0 aliphatic carbocycles. The van der Waals surface area contributed by atoms with E-state index < -0.39 is 21.9 Å². The number of rotatable bonds is 6. The van der Waals surface area contributed by atoms with Crippen LogP contribution in [0.4, 0.5) is 3.89 Å². The quantitative estimate of drug-likeness (QED) is 0.750. The second kappa shape index (κ2) is 6.43. The molecule has 0 N–H and O–H groups in total. The molecule has 0 spiro atoms. The number of ether oxygens (including phenoxy) is 1. The minimum atomic E-state index is -4.55. The summed E-state index contributed by atoms with van der Waals surface area (Å²) in [4.78, 5) is 13.5. The first-order valence-corrected chi connectivity index (χ1v) is 8.35. The van der Waals surface area contributed by atoms with Crippen molar-refractivity contribution in [2.45, 2.75) is 19.9 Å². The molecular weight excluding hydrogens is 297 g/mol. The van der Waals surface area contributed by atoms with Crippen molar-refractivity contribution in [3.8, 4) is 5.75 Å². The van der Waals surface area contributed by atoms with Gasteiger partial charge in [0.05, 0.1) is 12.4 Å². The first-order chi connectivity index (χ1) is 9.89. The van der Waals surface area contributed by atoms with Crippen molar-refractivity contribution in [2.24, 2.45) is 5.92 Å². The van der Waals surface area contributed by atoms with Crippen molar-refractivity contribution < 1.29 is 21.8 Å². The maximum absolute atomic E-state index is 12.7. The maximum Gasteiger partial charge on any atom is 0.302 e. The first kappa shape index (κ1) is 15.8. The van der Waals surface area contributed by atoms with Gasteiger partial charge >= 0.3 is 10.2 Å². The Labute approximate surface area is 123 Å². The van der Waals surface area contributed by atoms with Gasteiger partial charge < -0.3 is 9.64 Å². The van der Waals surface area contributed by atoms with Crippen molar-refractivity contribution in [3.05, 3.63) is 29.8 Å². The van der Waals surface area contributed by atoms with Crippen molar-refractivity contribution in [3.63, 3.8) is 0 Å². The fourth-order valence-corrected chi connectivity index (χ4v) is 3.32. The fraction of sp³-hybridized carbons (Fsp3) is 0.500. The molecule has 1 unspecified atom stereocenters. The number of para-hydroxylation sites is 1. The topological polar surface area (TPSA) is 63.7 Å². The van der Waals surface area contributed by atoms with E-state index in [1.807, 2.05) is 31.2 Å². The standard InChI is InChI=1S/C14H18FNO4S/c1-2-20-13-6-4-3-5-12(13)9-16-8-11(7-14(16)17)10-21(15,18)19/h3-6,11H,2,7-10H2,1H3. The van der Waals surface area contributed by atoms with Crippen molar-refractivity contribution in [2.75, 3.05) is 18.9 Å². The van der Waals surface area contributed by atoms with E-state index in [1.54, 1.807) is 4.90 Å². The highest BCUT2D eigenvalue weighted by molar-refractivity contribution is 7.86. The van der Waals surface area contributed by atoms with Crippen LogP contribution < -0.4 is 4.74 Å². The Morgan fingerprint density at radius 3 is 2.76 bits per heavy atom. The Morgan fingerprint density at radius 2 is 2.10 bits per heavy atom. The summed E-state index contributed by atoms with van der Waals surface area (Å²) in [6.45, 7) is 2.99. The second-order valence-electron chi connectivity index (χ2n) is 5.09. The zero-order valence-corrected chi connectivity index (χ0v) is 12.6. The molecule has 1 aliphatic rings. The molecule has 1 aliphatic heterocycles. The molecule has 1 aromatic carbocycles. The molecule has 2 rings (SSSR count). The van der Waals surface area contributed by atoms with Crippen LogP contribution in [0.2, 0.25) is 0 Å². The highest BCUT2D eigenvalue weighted by atomic mass is 32.3. The number of benzene rings is 1. The molecule has 1 amide bonds. The van der Waals surface area contributed by atoms with E-state index in [4.69, 9.17) is 4.74 Å². The summed E-state index contributed by atoms with van der Waals surface area (Å²) in [7, 11) is -4.55. The Bertz CT molecular complexity index is 617. The molecule has 21 heavy (non-hydrogen) atoms. The number of halogens is 1. The lowest BCUT2D eigenvalue weighted by atomic mass is 10.1. The van der Waals surface area contributed by atoms with E-state index in [0.717, 1.165) is 5.56 Å². The van der Waals surface area contributed by atoms with Crippen molar-refractivity contribution >= 4 is 16.1 Å². The summed E-state index contributed by atoms with van der Waals surface area (Å²) in [6, 6.07) is 7.38. The maximum atomic E-state index is 12.7. The molecule has 0 bridgehead atoms. The number of carbonyl (C=O) groups excluding carboxylic acids is 1. The van der Waals surface area contributed by atoms with E-state index in [-0.39, 0.29) is 18.9 Å². The minimum Gasteiger partial charge on any atom is -0.494 e. The van der Waals surface area contributed by atoms with Crippen LogP contribution in [0, 0.1) is 5.92 Å². The lowest BCUT2D eigenvalue weighted by Gasteiger charge is -2.18. The van der Waals surface area contributed by atoms with Crippen LogP contribution >= 0.6 is 0 Å². The molecule has 1 saturated heterocycles. The van der Waals surface area contributed by atoms with Crippen LogP contribution in [0.5, 0.6) is 5.75 Å². The van der Waals surface area contributed by atoms with Gasteiger partial charge in [0.15, 0.2) is 0 Å². The first-order valence-electron chi connectivity index (χ1n) is 6.80. The van der Waals surface area contributed by atoms with Crippen LogP contribution in [-0.2, 0) is 21.6 Å². The van der Waals surface area contributed by atoms with E-state index >= 15 is 0 Å². The lowest BCUT2D eigenvalue weighted by Crippen LogP contribution is -2.25. The van der Waals surface area contributed by atoms with Gasteiger partial charge in [-0.25, -0.2) is 0 Å². The Morgan fingerprint density at radius 1 is 1.38 bits per heavy atom. The molecule has 1 heterocycles. The third-order valence-corrected chi connectivity index (χ3v) is 4.23. The van der Waals surface area contributed by atoms with Crippen LogP contribution in [0.3, 0.4) is 0 Å². The Hall–Kier alpha value is -1.63. The van der Waals surface area contributed by atoms with Crippen LogP contribution in [0.1, 0.15) is 18.9 Å².